The van der Waals surface area contributed by atoms with Crippen molar-refractivity contribution in [3.8, 4) is 5.75 Å². The van der Waals surface area contributed by atoms with Crippen molar-refractivity contribution in [2.24, 2.45) is 0 Å². The van der Waals surface area contributed by atoms with Gasteiger partial charge in [-0.25, -0.2) is 0 Å². The molecule has 8 heteroatoms. The van der Waals surface area contributed by atoms with Crippen molar-refractivity contribution < 1.29 is 23.6 Å². The van der Waals surface area contributed by atoms with Gasteiger partial charge in [0.2, 0.25) is 0 Å². The molecule has 0 radical (unpaired) electrons. The third-order valence-electron chi connectivity index (χ3n) is 3.93. The molecular weight excluding hydrogens is 415 g/mol. The first kappa shape index (κ1) is 24.9. The van der Waals surface area contributed by atoms with Crippen LogP contribution in [-0.4, -0.2) is 49.9 Å². The van der Waals surface area contributed by atoms with Crippen LogP contribution in [0, 0.1) is 0 Å². The minimum atomic E-state index is -5.10. The molecule has 0 bridgehead atoms. The Balaban J connectivity index is 0.00000364. The summed E-state index contributed by atoms with van der Waals surface area (Å²) >= 11 is 5.90. The van der Waals surface area contributed by atoms with Crippen LogP contribution in [0.3, 0.4) is 0 Å². The van der Waals surface area contributed by atoms with E-state index in [9.17, 15) is 14.4 Å². The maximum atomic E-state index is 10.9. The van der Waals surface area contributed by atoms with Gasteiger partial charge in [0, 0.05) is 11.4 Å². The van der Waals surface area contributed by atoms with Crippen LogP contribution in [0.5, 0.6) is 5.75 Å². The molecule has 0 aromatic heterocycles. The molecule has 0 spiro atoms. The predicted molar refractivity (Wildman–Crippen MR) is 104 cm³/mol. The number of benzene rings is 2. The summed E-state index contributed by atoms with van der Waals surface area (Å²) in [5.74, 6) is 0.959. The zero-order chi connectivity index (χ0) is 19.4. The summed E-state index contributed by atoms with van der Waals surface area (Å²) in [6.45, 7) is 5.50. The maximum absolute atomic E-state index is 10.9. The number of phosphoric acid groups is 1. The Hall–Kier alpha value is -0.100. The number of hydrogen-bond donors (Lipinski definition) is 0. The molecule has 0 saturated heterocycles. The molecular formula is C19H22CaClO5P. The average molecular weight is 437 g/mol. The molecule has 0 N–H and O–H groups in total. The molecule has 2 aromatic carbocycles. The third kappa shape index (κ3) is 8.84. The molecule has 142 valence electrons. The summed E-state index contributed by atoms with van der Waals surface area (Å²) in [7, 11) is -5.10. The van der Waals surface area contributed by atoms with Crippen molar-refractivity contribution in [2.75, 3.05) is 6.61 Å². The number of ether oxygens (including phenoxy) is 1. The molecule has 27 heavy (non-hydrogen) atoms. The third-order valence-corrected chi connectivity index (χ3v) is 4.63. The number of hydrogen-bond acceptors (Lipinski definition) is 5. The molecule has 0 aliphatic carbocycles. The smallest absolute Gasteiger partial charge is 0.790 e. The van der Waals surface area contributed by atoms with E-state index in [0.29, 0.717) is 23.1 Å². The molecule has 0 amide bonds. The van der Waals surface area contributed by atoms with Crippen molar-refractivity contribution in [1.29, 1.82) is 0 Å². The Morgan fingerprint density at radius 3 is 2.11 bits per heavy atom. The van der Waals surface area contributed by atoms with E-state index in [1.54, 1.807) is 19.1 Å². The van der Waals surface area contributed by atoms with Gasteiger partial charge in [-0.05, 0) is 48.2 Å². The molecule has 5 nitrogen and oxygen atoms in total. The summed E-state index contributed by atoms with van der Waals surface area (Å²) < 4.78 is 21.5. The van der Waals surface area contributed by atoms with Crippen LogP contribution in [0.2, 0.25) is 5.02 Å². The summed E-state index contributed by atoms with van der Waals surface area (Å²) in [6.07, 6.45) is 0.343. The second kappa shape index (κ2) is 10.6. The van der Waals surface area contributed by atoms with Gasteiger partial charge in [-0.1, -0.05) is 49.7 Å². The van der Waals surface area contributed by atoms with Crippen LogP contribution in [0.15, 0.2) is 48.5 Å². The maximum Gasteiger partial charge on any atom is 2.00 e. The molecule has 0 aliphatic rings. The summed E-state index contributed by atoms with van der Waals surface area (Å²) in [4.78, 5) is 21.8. The van der Waals surface area contributed by atoms with Crippen LogP contribution in [0.4, 0.5) is 0 Å². The number of rotatable bonds is 8. The fourth-order valence-corrected chi connectivity index (χ4v) is 3.13. The molecule has 0 saturated carbocycles. The van der Waals surface area contributed by atoms with Crippen LogP contribution in [0.25, 0.3) is 0 Å². The van der Waals surface area contributed by atoms with Crippen molar-refractivity contribution in [3.63, 3.8) is 0 Å². The van der Waals surface area contributed by atoms with Crippen molar-refractivity contribution >= 4 is 57.2 Å². The molecule has 2 rings (SSSR count). The van der Waals surface area contributed by atoms with E-state index in [2.05, 4.69) is 18.4 Å². The Labute approximate surface area is 195 Å². The Bertz CT molecular complexity index is 761. The van der Waals surface area contributed by atoms with Crippen LogP contribution in [-0.2, 0) is 15.5 Å². The molecule has 0 aliphatic heterocycles. The van der Waals surface area contributed by atoms with Crippen molar-refractivity contribution in [1.82, 2.24) is 0 Å². The van der Waals surface area contributed by atoms with Gasteiger partial charge < -0.3 is 23.6 Å². The standard InChI is InChI=1S/C19H24ClO5P.Ca/c1-14(2)16-6-10-18(11-7-16)25-19(3,13-24-26(21,22)23)12-15-4-8-17(20)9-5-15;/h4-11,14H,12-13H2,1-3H3,(H2,21,22,23);/q;+2/p-2. The number of halogens is 1. The van der Waals surface area contributed by atoms with E-state index >= 15 is 0 Å². The van der Waals surface area contributed by atoms with Crippen molar-refractivity contribution in [3.05, 3.63) is 64.7 Å². The number of phosphoric ester groups is 1. The molecule has 2 aromatic rings. The first-order chi connectivity index (χ1) is 12.1. The predicted octanol–water partition coefficient (Wildman–Crippen LogP) is 3.31. The second-order valence-corrected chi connectivity index (χ2v) is 8.39. The SMILES string of the molecule is CC(C)c1ccc(OC(C)(COP(=O)([O-])[O-])Cc2ccc(Cl)cc2)cc1.[Ca+2]. The van der Waals surface area contributed by atoms with Gasteiger partial charge in [0.15, 0.2) is 0 Å². The minimum absolute atomic E-state index is 0. The topological polar surface area (TPSA) is 81.7 Å². The summed E-state index contributed by atoms with van der Waals surface area (Å²) in [5, 5.41) is 0.598. The zero-order valence-electron chi connectivity index (χ0n) is 15.7. The van der Waals surface area contributed by atoms with E-state index in [-0.39, 0.29) is 44.3 Å². The van der Waals surface area contributed by atoms with Gasteiger partial charge in [0.1, 0.15) is 11.4 Å². The van der Waals surface area contributed by atoms with Gasteiger partial charge in [-0.2, -0.15) is 0 Å². The largest absolute Gasteiger partial charge is 2.00 e. The van der Waals surface area contributed by atoms with E-state index in [0.717, 1.165) is 11.1 Å². The quantitative estimate of drug-likeness (QED) is 0.468. The van der Waals surface area contributed by atoms with Gasteiger partial charge in [-0.15, -0.1) is 0 Å². The van der Waals surface area contributed by atoms with Gasteiger partial charge in [-0.3, -0.25) is 0 Å². The van der Waals surface area contributed by atoms with E-state index in [4.69, 9.17) is 16.3 Å². The Morgan fingerprint density at radius 1 is 1.07 bits per heavy atom. The first-order valence-corrected chi connectivity index (χ1v) is 10.1. The Kier molecular flexibility index (Phi) is 9.80. The van der Waals surface area contributed by atoms with Crippen LogP contribution < -0.4 is 14.5 Å². The minimum Gasteiger partial charge on any atom is -0.790 e. The Morgan fingerprint density at radius 2 is 1.63 bits per heavy atom. The van der Waals surface area contributed by atoms with E-state index in [1.807, 2.05) is 36.4 Å². The molecule has 1 atom stereocenters. The van der Waals surface area contributed by atoms with Gasteiger partial charge in [0.05, 0.1) is 14.4 Å². The second-order valence-electron chi connectivity index (χ2n) is 6.80. The average Bonchev–Trinajstić information content (AvgIpc) is 2.55. The van der Waals surface area contributed by atoms with Crippen LogP contribution in [0.1, 0.15) is 37.8 Å². The first-order valence-electron chi connectivity index (χ1n) is 8.26. The zero-order valence-corrected chi connectivity index (χ0v) is 19.5. The molecule has 0 fully saturated rings. The summed E-state index contributed by atoms with van der Waals surface area (Å²) in [5.41, 5.74) is 1.00. The summed E-state index contributed by atoms with van der Waals surface area (Å²) in [6, 6.07) is 14.7. The fraction of sp³-hybridized carbons (Fsp3) is 0.368. The molecule has 0 heterocycles. The van der Waals surface area contributed by atoms with Crippen molar-refractivity contribution in [2.45, 2.75) is 38.7 Å². The normalized spacial score (nSPS) is 13.7. The molecule has 1 unspecified atom stereocenters. The van der Waals surface area contributed by atoms with E-state index < -0.39 is 13.4 Å². The monoisotopic (exact) mass is 436 g/mol. The van der Waals surface area contributed by atoms with E-state index in [1.165, 1.54) is 0 Å². The van der Waals surface area contributed by atoms with Gasteiger partial charge in [0.25, 0.3) is 0 Å². The van der Waals surface area contributed by atoms with Gasteiger partial charge >= 0.3 is 37.7 Å². The fourth-order valence-electron chi connectivity index (χ4n) is 2.57. The van der Waals surface area contributed by atoms with Crippen LogP contribution >= 0.6 is 19.4 Å².